The Kier molecular flexibility index (Phi) is 7.89. The van der Waals surface area contributed by atoms with Gasteiger partial charge in [0.2, 0.25) is 0 Å². The van der Waals surface area contributed by atoms with E-state index in [9.17, 15) is 9.59 Å². The molecule has 9 heteroatoms. The minimum Gasteiger partial charge on any atom is -0.453 e. The summed E-state index contributed by atoms with van der Waals surface area (Å²) in [5.74, 6) is 0.511. The number of amides is 2. The number of ether oxygens (including phenoxy) is 2. The average Bonchev–Trinajstić information content (AvgIpc) is 3.03. The van der Waals surface area contributed by atoms with Gasteiger partial charge >= 0.3 is 6.09 Å². The Labute approximate surface area is 204 Å². The van der Waals surface area contributed by atoms with Gasteiger partial charge in [-0.2, -0.15) is 0 Å². The molecule has 182 valence electrons. The fourth-order valence-corrected chi connectivity index (χ4v) is 4.03. The molecule has 4 rings (SSSR count). The molecule has 35 heavy (non-hydrogen) atoms. The van der Waals surface area contributed by atoms with Crippen molar-refractivity contribution in [2.75, 3.05) is 43.6 Å². The van der Waals surface area contributed by atoms with Gasteiger partial charge in [-0.25, -0.2) is 14.8 Å². The highest BCUT2D eigenvalue weighted by Gasteiger charge is 2.27. The standard InChI is InChI=1S/C26H29N5O4/c1-30-13-14-31(25(32)22-16-27-18-29-24(22)30)21-10-6-7-19(15-21)17-35-23(11-12-28-26(33)34-2)20-8-4-3-5-9-20/h3-10,15-16,18,23H,11-14,17H2,1-2H3,(H,28,33). The molecule has 0 saturated carbocycles. The molecular formula is C26H29N5O4. The summed E-state index contributed by atoms with van der Waals surface area (Å²) < 4.78 is 10.9. The Morgan fingerprint density at radius 2 is 1.97 bits per heavy atom. The minimum atomic E-state index is -0.468. The largest absolute Gasteiger partial charge is 0.453 e. The van der Waals surface area contributed by atoms with Crippen molar-refractivity contribution in [1.82, 2.24) is 15.3 Å². The van der Waals surface area contributed by atoms with Crippen LogP contribution in [0.25, 0.3) is 0 Å². The monoisotopic (exact) mass is 475 g/mol. The van der Waals surface area contributed by atoms with Crippen LogP contribution in [0, 0.1) is 0 Å². The van der Waals surface area contributed by atoms with Gasteiger partial charge in [0.15, 0.2) is 0 Å². The Bertz CT molecular complexity index is 1160. The van der Waals surface area contributed by atoms with E-state index in [1.165, 1.54) is 13.4 Å². The first-order valence-corrected chi connectivity index (χ1v) is 11.5. The highest BCUT2D eigenvalue weighted by atomic mass is 16.5. The second kappa shape index (κ2) is 11.4. The third kappa shape index (κ3) is 5.93. The second-order valence-electron chi connectivity index (χ2n) is 8.23. The van der Waals surface area contributed by atoms with E-state index >= 15 is 0 Å². The number of carbonyl (C=O) groups is 2. The zero-order valence-electron chi connectivity index (χ0n) is 19.9. The number of fused-ring (bicyclic) bond motifs is 1. The maximum atomic E-state index is 13.3. The fourth-order valence-electron chi connectivity index (χ4n) is 4.03. The van der Waals surface area contributed by atoms with Gasteiger partial charge in [-0.15, -0.1) is 0 Å². The van der Waals surface area contributed by atoms with E-state index in [1.54, 1.807) is 11.1 Å². The Morgan fingerprint density at radius 3 is 2.77 bits per heavy atom. The van der Waals surface area contributed by atoms with E-state index in [0.29, 0.717) is 44.0 Å². The highest BCUT2D eigenvalue weighted by Crippen LogP contribution is 2.27. The van der Waals surface area contributed by atoms with E-state index in [1.807, 2.05) is 66.5 Å². The summed E-state index contributed by atoms with van der Waals surface area (Å²) in [6, 6.07) is 17.7. The van der Waals surface area contributed by atoms with Crippen LogP contribution >= 0.6 is 0 Å². The summed E-state index contributed by atoms with van der Waals surface area (Å²) in [4.78, 5) is 36.8. The number of rotatable bonds is 8. The van der Waals surface area contributed by atoms with Gasteiger partial charge in [-0.05, 0) is 29.7 Å². The number of likely N-dealkylation sites (N-methyl/N-ethyl adjacent to an activating group) is 1. The van der Waals surface area contributed by atoms with Crippen molar-refractivity contribution in [1.29, 1.82) is 0 Å². The van der Waals surface area contributed by atoms with E-state index < -0.39 is 6.09 Å². The number of hydrogen-bond donors (Lipinski definition) is 1. The van der Waals surface area contributed by atoms with E-state index in [2.05, 4.69) is 20.0 Å². The first-order chi connectivity index (χ1) is 17.1. The molecule has 2 aromatic carbocycles. The lowest BCUT2D eigenvalue weighted by Crippen LogP contribution is -2.33. The minimum absolute atomic E-state index is 0.126. The molecule has 0 fully saturated rings. The molecule has 2 heterocycles. The first-order valence-electron chi connectivity index (χ1n) is 11.5. The van der Waals surface area contributed by atoms with Gasteiger partial charge in [0.05, 0.1) is 19.8 Å². The maximum Gasteiger partial charge on any atom is 0.406 e. The van der Waals surface area contributed by atoms with Gasteiger partial charge in [0.25, 0.3) is 5.91 Å². The van der Waals surface area contributed by atoms with E-state index in [0.717, 1.165) is 16.8 Å². The molecule has 0 saturated heterocycles. The Hall–Kier alpha value is -3.98. The summed E-state index contributed by atoms with van der Waals surface area (Å²) >= 11 is 0. The number of anilines is 2. The first kappa shape index (κ1) is 24.2. The lowest BCUT2D eigenvalue weighted by atomic mass is 10.1. The molecular weight excluding hydrogens is 446 g/mol. The molecule has 1 atom stereocenters. The van der Waals surface area contributed by atoms with Crippen LogP contribution in [-0.4, -0.2) is 55.8 Å². The molecule has 0 spiro atoms. The SMILES string of the molecule is COC(=O)NCCC(OCc1cccc(N2CCN(C)c3ncncc3C2=O)c1)c1ccccc1. The third-order valence-electron chi connectivity index (χ3n) is 5.89. The summed E-state index contributed by atoms with van der Waals surface area (Å²) in [6.07, 6.45) is 2.94. The molecule has 0 radical (unpaired) electrons. The number of carbonyl (C=O) groups excluding carboxylic acids is 2. The van der Waals surface area contributed by atoms with Crippen molar-refractivity contribution in [2.24, 2.45) is 0 Å². The molecule has 0 bridgehead atoms. The summed E-state index contributed by atoms with van der Waals surface area (Å²) in [7, 11) is 3.26. The van der Waals surface area contributed by atoms with Gasteiger partial charge in [0, 0.05) is 38.6 Å². The number of methoxy groups -OCH3 is 1. The van der Waals surface area contributed by atoms with E-state index in [-0.39, 0.29) is 12.0 Å². The average molecular weight is 476 g/mol. The molecule has 2 amide bonds. The smallest absolute Gasteiger partial charge is 0.406 e. The van der Waals surface area contributed by atoms with Crippen molar-refractivity contribution in [3.63, 3.8) is 0 Å². The van der Waals surface area contributed by atoms with Crippen molar-refractivity contribution in [3.05, 3.63) is 83.8 Å². The van der Waals surface area contributed by atoms with Gasteiger partial charge in [-0.1, -0.05) is 42.5 Å². The number of benzene rings is 2. The number of alkyl carbamates (subject to hydrolysis) is 1. The molecule has 1 unspecified atom stereocenters. The fraction of sp³-hybridized carbons (Fsp3) is 0.308. The molecule has 3 aromatic rings. The van der Waals surface area contributed by atoms with Crippen molar-refractivity contribution in [3.8, 4) is 0 Å². The van der Waals surface area contributed by atoms with Crippen LogP contribution in [0.15, 0.2) is 67.1 Å². The Balaban J connectivity index is 1.48. The predicted octanol–water partition coefficient (Wildman–Crippen LogP) is 3.58. The number of aromatic nitrogens is 2. The van der Waals surface area contributed by atoms with Crippen LogP contribution in [0.4, 0.5) is 16.3 Å². The van der Waals surface area contributed by atoms with Crippen LogP contribution < -0.4 is 15.1 Å². The zero-order chi connectivity index (χ0) is 24.6. The van der Waals surface area contributed by atoms with Crippen LogP contribution in [0.3, 0.4) is 0 Å². The quantitative estimate of drug-likeness (QED) is 0.532. The summed E-state index contributed by atoms with van der Waals surface area (Å²) in [5.41, 5.74) is 3.25. The zero-order valence-corrected chi connectivity index (χ0v) is 19.9. The topological polar surface area (TPSA) is 96.9 Å². The van der Waals surface area contributed by atoms with Crippen LogP contribution in [0.1, 0.15) is 34.0 Å². The van der Waals surface area contributed by atoms with Gasteiger partial charge in [-0.3, -0.25) is 4.79 Å². The summed E-state index contributed by atoms with van der Waals surface area (Å²) in [6.45, 7) is 1.96. The molecule has 1 aromatic heterocycles. The lowest BCUT2D eigenvalue weighted by Gasteiger charge is -2.22. The van der Waals surface area contributed by atoms with Crippen molar-refractivity contribution >= 4 is 23.5 Å². The highest BCUT2D eigenvalue weighted by molar-refractivity contribution is 6.09. The van der Waals surface area contributed by atoms with Crippen LogP contribution in [-0.2, 0) is 16.1 Å². The van der Waals surface area contributed by atoms with Gasteiger partial charge < -0.3 is 24.6 Å². The molecule has 0 aliphatic carbocycles. The summed E-state index contributed by atoms with van der Waals surface area (Å²) in [5, 5.41) is 2.71. The molecule has 1 N–H and O–H groups in total. The van der Waals surface area contributed by atoms with Crippen LogP contribution in [0.2, 0.25) is 0 Å². The molecule has 1 aliphatic heterocycles. The van der Waals surface area contributed by atoms with E-state index in [4.69, 9.17) is 4.74 Å². The Morgan fingerprint density at radius 1 is 1.14 bits per heavy atom. The number of nitrogens with zero attached hydrogens (tertiary/aromatic N) is 4. The molecule has 1 aliphatic rings. The number of hydrogen-bond acceptors (Lipinski definition) is 7. The van der Waals surface area contributed by atoms with Gasteiger partial charge in [0.1, 0.15) is 17.7 Å². The third-order valence-corrected chi connectivity index (χ3v) is 5.89. The molecule has 9 nitrogen and oxygen atoms in total. The van der Waals surface area contributed by atoms with Crippen LogP contribution in [0.5, 0.6) is 0 Å². The second-order valence-corrected chi connectivity index (χ2v) is 8.23. The normalized spacial score (nSPS) is 14.2. The van der Waals surface area contributed by atoms with Crippen molar-refractivity contribution in [2.45, 2.75) is 19.1 Å². The number of nitrogens with one attached hydrogen (secondary N) is 1. The maximum absolute atomic E-state index is 13.3. The lowest BCUT2D eigenvalue weighted by molar-refractivity contribution is 0.0341. The predicted molar refractivity (Wildman–Crippen MR) is 132 cm³/mol. The van der Waals surface area contributed by atoms with Crippen molar-refractivity contribution < 1.29 is 19.1 Å².